The van der Waals surface area contributed by atoms with Gasteiger partial charge in [0.1, 0.15) is 96.7 Å². The maximum Gasteiger partial charge on any atom is 0.325 e. The number of carbonyl (C=O) groups is 21. The lowest BCUT2D eigenvalue weighted by atomic mass is 9.99. The summed E-state index contributed by atoms with van der Waals surface area (Å²) in [5.41, 5.74) is 30.8. The fourth-order valence-corrected chi connectivity index (χ4v) is 15.3. The summed E-state index contributed by atoms with van der Waals surface area (Å²) in [4.78, 5) is 307. The molecular weight excluding hydrogens is 1910 g/mol. The molecule has 20 amide bonds. The van der Waals surface area contributed by atoms with Crippen LogP contribution in [0, 0.1) is 35.5 Å². The van der Waals surface area contributed by atoms with E-state index >= 15 is 0 Å². The molecule has 4 aromatic rings. The number of fused-ring (bicyclic) bond motifs is 1. The van der Waals surface area contributed by atoms with E-state index in [0.29, 0.717) is 49.2 Å². The van der Waals surface area contributed by atoms with E-state index in [4.69, 9.17) is 28.7 Å². The minimum Gasteiger partial charge on any atom is -0.480 e. The summed E-state index contributed by atoms with van der Waals surface area (Å²) in [6.45, 7) is 23.4. The van der Waals surface area contributed by atoms with Crippen LogP contribution in [0.5, 0.6) is 0 Å². The molecule has 17 atom stereocenters. The standard InChI is InChI=1S/C94H152N28O22S/c1-46(2)28-62(85(134)119-71(37-74(99)124)91(140)121-72(43-145)92(141)108-52(13)78(127)111-61(25-19-21-27-96)81(130)103-42-76(126)122-77(51(11)12)93(142)120-63(29-47(3)4)83(132)109-54(15)94(143)144)110-75(125)41-104-82(131)68(34-56-39-100-44-105-56)116-90(139)69(35-57-40-101-45-106-57)117-87(136)65(31-49(7)8)114-86(135)64(30-48(5)6)112-79(128)53(14)107-84(133)70(36-73(98)123)118-88(137)66(32-50(9)10)115-89(138)67(113-80(129)59(97)23-18-20-26-95)33-55-38-102-60-24-17-16-22-58(55)60/h16-17,22,24,38-40,44-54,59,61-72,77,102,145H,18-21,23,25-37,41-43,95-97H2,1-15H3,(H2,98,123)(H2,99,124)(H,100,105)(H,101,106)(H,103,130)(H,104,131)(H,107,133)(H,108,141)(H,109,132)(H,110,125)(H,111,127)(H,112,128)(H,113,129)(H,114,135)(H,115,138)(H,116,139)(H,117,136)(H,118,137)(H,119,134)(H,120,142)(H,121,140)(H,122,126)(H,143,144)/t52-,53-,54-,59-,61-,62-,63-,64-,65-,66-,67-,68-,69-,70-,71-,72-,77-/m0/s1. The smallest absolute Gasteiger partial charge is 0.325 e. The van der Waals surface area contributed by atoms with Crippen LogP contribution in [0.25, 0.3) is 10.9 Å². The number of aromatic amines is 3. The second-order valence-corrected chi connectivity index (χ2v) is 38.9. The first-order valence-electron chi connectivity index (χ1n) is 48.7. The zero-order valence-corrected chi connectivity index (χ0v) is 86.0. The highest BCUT2D eigenvalue weighted by Crippen LogP contribution is 2.22. The zero-order chi connectivity index (χ0) is 109. The average molecular weight is 2060 g/mol. The number of unbranched alkanes of at least 4 members (excludes halogenated alkanes) is 2. The van der Waals surface area contributed by atoms with Gasteiger partial charge >= 0.3 is 5.97 Å². The van der Waals surface area contributed by atoms with Crippen LogP contribution in [-0.2, 0) is 120 Å². The number of nitrogens with zero attached hydrogens (tertiary/aromatic N) is 2. The van der Waals surface area contributed by atoms with E-state index in [1.807, 2.05) is 18.2 Å². The molecule has 0 bridgehead atoms. The number of thiol groups is 1. The molecule has 4 rings (SSSR count). The number of primary amides is 2. The zero-order valence-electron chi connectivity index (χ0n) is 85.1. The Hall–Kier alpha value is -13.7. The highest BCUT2D eigenvalue weighted by molar-refractivity contribution is 7.80. The Morgan fingerprint density at radius 3 is 1.10 bits per heavy atom. The summed E-state index contributed by atoms with van der Waals surface area (Å²) < 4.78 is 0. The Morgan fingerprint density at radius 2 is 0.683 bits per heavy atom. The van der Waals surface area contributed by atoms with Crippen LogP contribution in [-0.4, -0.2) is 289 Å². The average Bonchev–Trinajstić information content (AvgIpc) is 1.68. The molecule has 1 aromatic carbocycles. The van der Waals surface area contributed by atoms with Crippen molar-refractivity contribution in [2.45, 2.75) is 309 Å². The number of amides is 20. The van der Waals surface area contributed by atoms with Crippen LogP contribution in [0.4, 0.5) is 0 Å². The first-order valence-corrected chi connectivity index (χ1v) is 49.3. The number of carbonyl (C=O) groups excluding carboxylic acids is 20. The maximum atomic E-state index is 14.8. The molecule has 0 saturated heterocycles. The van der Waals surface area contributed by atoms with Gasteiger partial charge in [-0.3, -0.25) is 101 Å². The van der Waals surface area contributed by atoms with Crippen molar-refractivity contribution >= 4 is 148 Å². The molecule has 3 heterocycles. The van der Waals surface area contributed by atoms with Crippen LogP contribution in [0.15, 0.2) is 55.5 Å². The van der Waals surface area contributed by atoms with Gasteiger partial charge in [-0.25, -0.2) is 9.97 Å². The van der Waals surface area contributed by atoms with Crippen molar-refractivity contribution in [3.05, 3.63) is 72.5 Å². The maximum absolute atomic E-state index is 14.8. The number of aliphatic carboxylic acids is 1. The number of rotatable bonds is 67. The van der Waals surface area contributed by atoms with Crippen molar-refractivity contribution in [1.29, 1.82) is 0 Å². The number of hydrogen-bond donors (Lipinski definition) is 28. The molecule has 0 unspecified atom stereocenters. The van der Waals surface area contributed by atoms with Crippen molar-refractivity contribution in [2.24, 2.45) is 64.2 Å². The molecule has 32 N–H and O–H groups in total. The molecule has 0 fully saturated rings. The number of carboxylic acid groups (broad SMARTS) is 1. The predicted molar refractivity (Wildman–Crippen MR) is 536 cm³/mol. The summed E-state index contributed by atoms with van der Waals surface area (Å²) in [5, 5.41) is 55.7. The van der Waals surface area contributed by atoms with Crippen molar-refractivity contribution in [3.63, 3.8) is 0 Å². The fraction of sp³-hybridized carbons (Fsp3) is 0.628. The Kier molecular flexibility index (Phi) is 53.5. The quantitative estimate of drug-likeness (QED) is 0.0145. The number of benzene rings is 1. The topological polar surface area (TPSA) is 798 Å². The highest BCUT2D eigenvalue weighted by atomic mass is 32.1. The van der Waals surface area contributed by atoms with Gasteiger partial charge in [0.2, 0.25) is 118 Å². The van der Waals surface area contributed by atoms with E-state index in [0.717, 1.165) is 10.9 Å². The normalized spacial score (nSPS) is 14.9. The largest absolute Gasteiger partial charge is 0.480 e. The second kappa shape index (κ2) is 62.7. The molecule has 806 valence electrons. The molecule has 0 saturated carbocycles. The summed E-state index contributed by atoms with van der Waals surface area (Å²) in [7, 11) is 0. The number of nitrogens with one attached hydrogen (secondary N) is 21. The van der Waals surface area contributed by atoms with Gasteiger partial charge in [0, 0.05) is 65.9 Å². The lowest BCUT2D eigenvalue weighted by molar-refractivity contribution is -0.142. The molecule has 0 aliphatic heterocycles. The van der Waals surface area contributed by atoms with Gasteiger partial charge in [0.25, 0.3) is 0 Å². The number of hydrogen-bond acceptors (Lipinski definition) is 27. The number of imidazole rings is 2. The van der Waals surface area contributed by atoms with Crippen LogP contribution >= 0.6 is 12.6 Å². The van der Waals surface area contributed by atoms with Crippen molar-refractivity contribution in [2.75, 3.05) is 31.9 Å². The van der Waals surface area contributed by atoms with Gasteiger partial charge in [-0.15, -0.1) is 0 Å². The van der Waals surface area contributed by atoms with E-state index in [1.165, 1.54) is 45.8 Å². The minimum atomic E-state index is -1.83. The summed E-state index contributed by atoms with van der Waals surface area (Å²) in [6.07, 6.45) is 6.64. The summed E-state index contributed by atoms with van der Waals surface area (Å²) in [5.74, 6) is -22.4. The van der Waals surface area contributed by atoms with Gasteiger partial charge in [0.05, 0.1) is 44.6 Å². The number of H-pyrrole nitrogens is 3. The van der Waals surface area contributed by atoms with E-state index in [9.17, 15) is 106 Å². The molecular formula is C94H152N28O22S. The summed E-state index contributed by atoms with van der Waals surface area (Å²) >= 11 is 4.22. The van der Waals surface area contributed by atoms with Gasteiger partial charge < -0.3 is 144 Å². The van der Waals surface area contributed by atoms with Gasteiger partial charge in [-0.1, -0.05) is 108 Å². The van der Waals surface area contributed by atoms with E-state index < -0.39 is 264 Å². The Bertz CT molecular complexity index is 4990. The predicted octanol–water partition coefficient (Wildman–Crippen LogP) is -5.07. The molecule has 0 aliphatic rings. The third-order valence-electron chi connectivity index (χ3n) is 22.8. The SMILES string of the molecule is CC(C)C[C@H](NC(=O)CNC(=O)[C@H](Cc1cnc[nH]1)NC(=O)[C@H](Cc1cnc[nH]1)NC(=O)[C@H](CC(C)C)NC(=O)[C@H](CC(C)C)NC(=O)[C@H](C)NC(=O)[C@H](CC(N)=O)NC(=O)[C@H](CC(C)C)NC(=O)[C@H](Cc1c[nH]c2ccccc12)NC(=O)[C@@H](N)CCCCN)C(=O)N[C@@H](CC(N)=O)C(=O)N[C@@H](CS)C(=O)N[C@@H](C)C(=O)N[C@@H](CCCCN)C(=O)NCC(=O)N[C@H](C(=O)N[C@@H](CC(C)C)C(=O)N[C@@H](C)C(=O)O)C(C)C. The second-order valence-electron chi connectivity index (χ2n) is 38.5. The van der Waals surface area contributed by atoms with Gasteiger partial charge in [-0.05, 0) is 145 Å². The number of nitrogens with two attached hydrogens (primary N) is 5. The molecule has 3 aromatic heterocycles. The number of carboxylic acids is 1. The Balaban J connectivity index is 1.48. The number of para-hydroxylation sites is 1. The van der Waals surface area contributed by atoms with Crippen LogP contribution in [0.2, 0.25) is 0 Å². The molecule has 0 radical (unpaired) electrons. The lowest BCUT2D eigenvalue weighted by Crippen LogP contribution is -2.61. The Labute approximate surface area is 847 Å². The van der Waals surface area contributed by atoms with Crippen LogP contribution < -0.4 is 124 Å². The minimum absolute atomic E-state index is 0.00923. The van der Waals surface area contributed by atoms with Crippen molar-refractivity contribution < 1.29 is 106 Å². The molecule has 0 aliphatic carbocycles. The molecule has 0 spiro atoms. The number of aromatic nitrogens is 5. The highest BCUT2D eigenvalue weighted by Gasteiger charge is 2.40. The third-order valence-corrected chi connectivity index (χ3v) is 23.2. The first kappa shape index (κ1) is 124. The Morgan fingerprint density at radius 1 is 0.352 bits per heavy atom. The summed E-state index contributed by atoms with van der Waals surface area (Å²) in [6, 6.07) is -17.0. The van der Waals surface area contributed by atoms with Crippen LogP contribution in [0.3, 0.4) is 0 Å². The van der Waals surface area contributed by atoms with Crippen molar-refractivity contribution in [1.82, 2.24) is 121 Å². The van der Waals surface area contributed by atoms with Crippen LogP contribution in [0.1, 0.15) is 204 Å². The molecule has 50 nitrogen and oxygen atoms in total. The third kappa shape index (κ3) is 45.0. The van der Waals surface area contributed by atoms with Gasteiger partial charge in [-0.2, -0.15) is 12.6 Å². The lowest BCUT2D eigenvalue weighted by Gasteiger charge is -2.28. The fourth-order valence-electron chi connectivity index (χ4n) is 15.1. The van der Waals surface area contributed by atoms with Crippen molar-refractivity contribution in [3.8, 4) is 0 Å². The van der Waals surface area contributed by atoms with E-state index in [2.05, 4.69) is 133 Å². The van der Waals surface area contributed by atoms with Gasteiger partial charge in [0.15, 0.2) is 0 Å². The first-order chi connectivity index (χ1) is 68.2. The monoisotopic (exact) mass is 2060 g/mol. The van der Waals surface area contributed by atoms with E-state index in [1.54, 1.807) is 95.3 Å². The van der Waals surface area contributed by atoms with E-state index in [-0.39, 0.29) is 100 Å². The molecule has 51 heteroatoms. The molecule has 145 heavy (non-hydrogen) atoms.